The molecule has 1 aliphatic rings. The number of nitrogens with one attached hydrogen (secondary N) is 1. The molecule has 1 N–H and O–H groups in total. The highest BCUT2D eigenvalue weighted by Crippen LogP contribution is 2.35. The lowest BCUT2D eigenvalue weighted by Gasteiger charge is -2.50. The van der Waals surface area contributed by atoms with E-state index in [-0.39, 0.29) is 5.54 Å². The summed E-state index contributed by atoms with van der Waals surface area (Å²) in [7, 11) is 0. The van der Waals surface area contributed by atoms with Gasteiger partial charge < -0.3 is 5.32 Å². The Morgan fingerprint density at radius 2 is 2.00 bits per heavy atom. The second kappa shape index (κ2) is 6.72. The molecule has 1 fully saturated rings. The van der Waals surface area contributed by atoms with Gasteiger partial charge in [-0.3, -0.25) is 4.90 Å². The summed E-state index contributed by atoms with van der Waals surface area (Å²) in [5.74, 6) is 1.57. The van der Waals surface area contributed by atoms with E-state index < -0.39 is 0 Å². The van der Waals surface area contributed by atoms with Gasteiger partial charge in [-0.15, -0.1) is 6.58 Å². The van der Waals surface area contributed by atoms with Crippen molar-refractivity contribution in [2.45, 2.75) is 59.0 Å². The minimum Gasteiger partial charge on any atom is -0.316 e. The minimum atomic E-state index is 0.246. The van der Waals surface area contributed by atoms with Crippen LogP contribution in [0.4, 0.5) is 0 Å². The van der Waals surface area contributed by atoms with Gasteiger partial charge in [-0.05, 0) is 58.5 Å². The SMILES string of the molecule is C=CCN(C1CCC1CNCC(C)C)C(C)(C)C. The largest absolute Gasteiger partial charge is 0.316 e. The average Bonchev–Trinajstić information content (AvgIpc) is 2.20. The van der Waals surface area contributed by atoms with E-state index in [0.29, 0.717) is 0 Å². The minimum absolute atomic E-state index is 0.246. The molecule has 0 heterocycles. The lowest BCUT2D eigenvalue weighted by Crippen LogP contribution is -2.57. The Balaban J connectivity index is 2.46. The molecule has 2 unspecified atom stereocenters. The van der Waals surface area contributed by atoms with Gasteiger partial charge in [-0.25, -0.2) is 0 Å². The molecule has 0 aromatic rings. The van der Waals surface area contributed by atoms with E-state index in [1.54, 1.807) is 0 Å². The first-order chi connectivity index (χ1) is 8.36. The predicted molar refractivity (Wildman–Crippen MR) is 80.9 cm³/mol. The lowest BCUT2D eigenvalue weighted by molar-refractivity contribution is 0.00613. The molecule has 2 atom stereocenters. The number of hydrogen-bond acceptors (Lipinski definition) is 2. The summed E-state index contributed by atoms with van der Waals surface area (Å²) in [4.78, 5) is 2.62. The van der Waals surface area contributed by atoms with Crippen LogP contribution in [0.2, 0.25) is 0 Å². The highest BCUT2D eigenvalue weighted by molar-refractivity contribution is 4.96. The van der Waals surface area contributed by atoms with Gasteiger partial charge in [0.15, 0.2) is 0 Å². The fourth-order valence-electron chi connectivity index (χ4n) is 2.80. The van der Waals surface area contributed by atoms with Crippen molar-refractivity contribution in [2.75, 3.05) is 19.6 Å². The zero-order chi connectivity index (χ0) is 13.8. The highest BCUT2D eigenvalue weighted by atomic mass is 15.2. The van der Waals surface area contributed by atoms with Crippen LogP contribution >= 0.6 is 0 Å². The number of hydrogen-bond donors (Lipinski definition) is 1. The molecule has 1 aliphatic carbocycles. The Morgan fingerprint density at radius 1 is 1.33 bits per heavy atom. The lowest BCUT2D eigenvalue weighted by atomic mass is 9.76. The van der Waals surface area contributed by atoms with Gasteiger partial charge in [-0.1, -0.05) is 19.9 Å². The van der Waals surface area contributed by atoms with Crippen LogP contribution in [0, 0.1) is 11.8 Å². The first kappa shape index (κ1) is 15.7. The molecule has 0 spiro atoms. The molecule has 1 saturated carbocycles. The molecule has 2 heteroatoms. The summed E-state index contributed by atoms with van der Waals surface area (Å²) in [6, 6.07) is 0.739. The van der Waals surface area contributed by atoms with Crippen LogP contribution in [-0.2, 0) is 0 Å². The van der Waals surface area contributed by atoms with Crippen LogP contribution in [-0.4, -0.2) is 36.1 Å². The first-order valence-electron chi connectivity index (χ1n) is 7.44. The van der Waals surface area contributed by atoms with Gasteiger partial charge in [0, 0.05) is 18.1 Å². The fourth-order valence-corrected chi connectivity index (χ4v) is 2.80. The molecule has 2 nitrogen and oxygen atoms in total. The quantitative estimate of drug-likeness (QED) is 0.699. The smallest absolute Gasteiger partial charge is 0.0168 e. The van der Waals surface area contributed by atoms with Gasteiger partial charge in [0.2, 0.25) is 0 Å². The normalized spacial score (nSPS) is 24.4. The monoisotopic (exact) mass is 252 g/mol. The maximum atomic E-state index is 3.91. The number of rotatable bonds is 7. The van der Waals surface area contributed by atoms with Crippen molar-refractivity contribution in [1.29, 1.82) is 0 Å². The third kappa shape index (κ3) is 4.40. The topological polar surface area (TPSA) is 15.3 Å². The maximum Gasteiger partial charge on any atom is 0.0168 e. The molecular formula is C16H32N2. The predicted octanol–water partition coefficient (Wildman–Crippen LogP) is 3.30. The Labute approximate surface area is 114 Å². The van der Waals surface area contributed by atoms with Crippen LogP contribution in [0.3, 0.4) is 0 Å². The third-order valence-electron chi connectivity index (χ3n) is 3.92. The van der Waals surface area contributed by atoms with Gasteiger partial charge >= 0.3 is 0 Å². The molecule has 0 aromatic heterocycles. The Bertz CT molecular complexity index is 252. The van der Waals surface area contributed by atoms with Gasteiger partial charge in [0.1, 0.15) is 0 Å². The van der Waals surface area contributed by atoms with Crippen LogP contribution in [0.1, 0.15) is 47.5 Å². The van der Waals surface area contributed by atoms with Crippen molar-refractivity contribution in [2.24, 2.45) is 11.8 Å². The van der Waals surface area contributed by atoms with Gasteiger partial charge in [0.25, 0.3) is 0 Å². The van der Waals surface area contributed by atoms with Crippen LogP contribution in [0.25, 0.3) is 0 Å². The number of nitrogens with zero attached hydrogens (tertiary/aromatic N) is 1. The summed E-state index contributed by atoms with van der Waals surface area (Å²) >= 11 is 0. The summed E-state index contributed by atoms with van der Waals surface area (Å²) in [6.07, 6.45) is 4.76. The molecule has 18 heavy (non-hydrogen) atoms. The zero-order valence-electron chi connectivity index (χ0n) is 13.0. The van der Waals surface area contributed by atoms with Gasteiger partial charge in [0.05, 0.1) is 0 Å². The van der Waals surface area contributed by atoms with Crippen molar-refractivity contribution in [3.05, 3.63) is 12.7 Å². The molecule has 1 rings (SSSR count). The fraction of sp³-hybridized carbons (Fsp3) is 0.875. The van der Waals surface area contributed by atoms with E-state index in [4.69, 9.17) is 0 Å². The van der Waals surface area contributed by atoms with Crippen LogP contribution < -0.4 is 5.32 Å². The summed E-state index contributed by atoms with van der Waals surface area (Å²) in [6.45, 7) is 18.7. The molecule has 0 bridgehead atoms. The highest BCUT2D eigenvalue weighted by Gasteiger charge is 2.38. The van der Waals surface area contributed by atoms with E-state index in [1.165, 1.54) is 19.4 Å². The van der Waals surface area contributed by atoms with Crippen LogP contribution in [0.5, 0.6) is 0 Å². The second-order valence-corrected chi connectivity index (χ2v) is 7.07. The molecule has 0 amide bonds. The van der Waals surface area contributed by atoms with E-state index in [1.807, 2.05) is 6.08 Å². The van der Waals surface area contributed by atoms with Crippen molar-refractivity contribution in [3.8, 4) is 0 Å². The summed E-state index contributed by atoms with van der Waals surface area (Å²) in [5.41, 5.74) is 0.246. The summed E-state index contributed by atoms with van der Waals surface area (Å²) in [5, 5.41) is 3.61. The van der Waals surface area contributed by atoms with Crippen molar-refractivity contribution in [3.63, 3.8) is 0 Å². The second-order valence-electron chi connectivity index (χ2n) is 7.07. The van der Waals surface area contributed by atoms with E-state index in [9.17, 15) is 0 Å². The molecule has 0 saturated heterocycles. The van der Waals surface area contributed by atoms with Crippen LogP contribution in [0.15, 0.2) is 12.7 Å². The Kier molecular flexibility index (Phi) is 5.87. The van der Waals surface area contributed by atoms with Crippen molar-refractivity contribution in [1.82, 2.24) is 10.2 Å². The zero-order valence-corrected chi connectivity index (χ0v) is 13.0. The molecule has 0 radical (unpaired) electrons. The maximum absolute atomic E-state index is 3.91. The molecule has 106 valence electrons. The van der Waals surface area contributed by atoms with E-state index in [2.05, 4.69) is 51.4 Å². The van der Waals surface area contributed by atoms with Crippen molar-refractivity contribution >= 4 is 0 Å². The average molecular weight is 252 g/mol. The third-order valence-corrected chi connectivity index (χ3v) is 3.92. The molecule has 0 aliphatic heterocycles. The van der Waals surface area contributed by atoms with E-state index >= 15 is 0 Å². The summed E-state index contributed by atoms with van der Waals surface area (Å²) < 4.78 is 0. The van der Waals surface area contributed by atoms with Crippen molar-refractivity contribution < 1.29 is 0 Å². The Hall–Kier alpha value is -0.340. The molecular weight excluding hydrogens is 220 g/mol. The van der Waals surface area contributed by atoms with E-state index in [0.717, 1.165) is 31.0 Å². The molecule has 0 aromatic carbocycles. The van der Waals surface area contributed by atoms with Gasteiger partial charge in [-0.2, -0.15) is 0 Å². The standard InChI is InChI=1S/C16H32N2/c1-7-10-18(16(4,5)6)15-9-8-14(15)12-17-11-13(2)3/h7,13-15,17H,1,8-12H2,2-6H3. The first-order valence-corrected chi connectivity index (χ1v) is 7.44. The Morgan fingerprint density at radius 3 is 2.39 bits per heavy atom.